The van der Waals surface area contributed by atoms with Crippen molar-refractivity contribution in [2.24, 2.45) is 10.9 Å². The van der Waals surface area contributed by atoms with E-state index >= 15 is 0 Å². The maximum atomic E-state index is 13.5. The van der Waals surface area contributed by atoms with Crippen molar-refractivity contribution in [1.82, 2.24) is 15.5 Å². The number of hydrogen-bond donors (Lipinski definition) is 2. The first kappa shape index (κ1) is 21.4. The summed E-state index contributed by atoms with van der Waals surface area (Å²) in [5, 5.41) is 6.89. The predicted molar refractivity (Wildman–Crippen MR) is 117 cm³/mol. The van der Waals surface area contributed by atoms with Crippen LogP contribution in [0.15, 0.2) is 29.3 Å². The van der Waals surface area contributed by atoms with E-state index in [1.165, 1.54) is 32.0 Å². The van der Waals surface area contributed by atoms with Crippen LogP contribution in [-0.2, 0) is 5.41 Å². The van der Waals surface area contributed by atoms with Crippen molar-refractivity contribution in [3.05, 3.63) is 35.6 Å². The van der Waals surface area contributed by atoms with E-state index in [9.17, 15) is 4.39 Å². The zero-order valence-electron chi connectivity index (χ0n) is 15.9. The Kier molecular flexibility index (Phi) is 8.13. The molecule has 0 aromatic heterocycles. The van der Waals surface area contributed by atoms with Gasteiger partial charge in [-0.15, -0.1) is 24.0 Å². The molecule has 1 unspecified atom stereocenters. The summed E-state index contributed by atoms with van der Waals surface area (Å²) in [4.78, 5) is 6.89. The van der Waals surface area contributed by atoms with Gasteiger partial charge in [-0.2, -0.15) is 0 Å². The number of nitrogens with zero attached hydrogens (tertiary/aromatic N) is 2. The number of halogens is 2. The van der Waals surface area contributed by atoms with Gasteiger partial charge in [-0.25, -0.2) is 4.39 Å². The highest BCUT2D eigenvalue weighted by Gasteiger charge is 2.44. The Balaban J connectivity index is 0.00000243. The molecule has 0 amide bonds. The molecule has 1 aromatic carbocycles. The third kappa shape index (κ3) is 5.81. The van der Waals surface area contributed by atoms with Gasteiger partial charge < -0.3 is 15.5 Å². The molecule has 0 bridgehead atoms. The van der Waals surface area contributed by atoms with Crippen molar-refractivity contribution >= 4 is 29.9 Å². The maximum absolute atomic E-state index is 13.5. The number of hydrogen-bond acceptors (Lipinski definition) is 2. The van der Waals surface area contributed by atoms with E-state index < -0.39 is 0 Å². The van der Waals surface area contributed by atoms with Crippen LogP contribution in [0.1, 0.15) is 38.2 Å². The highest BCUT2D eigenvalue weighted by atomic mass is 127. The summed E-state index contributed by atoms with van der Waals surface area (Å²) in [6.07, 6.45) is 4.88. The Morgan fingerprint density at radius 1 is 1.27 bits per heavy atom. The molecular weight excluding hydrogens is 442 g/mol. The lowest BCUT2D eigenvalue weighted by Gasteiger charge is -2.23. The van der Waals surface area contributed by atoms with Gasteiger partial charge in [-0.3, -0.25) is 4.99 Å². The van der Waals surface area contributed by atoms with Crippen LogP contribution >= 0.6 is 24.0 Å². The van der Waals surface area contributed by atoms with Crippen LogP contribution in [0.4, 0.5) is 4.39 Å². The molecule has 3 rings (SSSR count). The summed E-state index contributed by atoms with van der Waals surface area (Å²) in [5.41, 5.74) is 1.17. The average molecular weight is 474 g/mol. The molecule has 1 aliphatic heterocycles. The van der Waals surface area contributed by atoms with Crippen molar-refractivity contribution in [2.75, 3.05) is 39.8 Å². The summed E-state index contributed by atoms with van der Waals surface area (Å²) >= 11 is 0. The van der Waals surface area contributed by atoms with E-state index in [0.717, 1.165) is 44.0 Å². The van der Waals surface area contributed by atoms with Crippen LogP contribution in [0.3, 0.4) is 0 Å². The Labute approximate surface area is 174 Å². The topological polar surface area (TPSA) is 39.7 Å². The minimum Gasteiger partial charge on any atom is -0.356 e. The fourth-order valence-electron chi connectivity index (χ4n) is 3.75. The summed E-state index contributed by atoms with van der Waals surface area (Å²) in [6.45, 7) is 7.64. The van der Waals surface area contributed by atoms with Crippen LogP contribution in [0.2, 0.25) is 0 Å². The molecule has 146 valence electrons. The van der Waals surface area contributed by atoms with Crippen molar-refractivity contribution in [1.29, 1.82) is 0 Å². The van der Waals surface area contributed by atoms with Crippen LogP contribution in [0.5, 0.6) is 0 Å². The normalized spacial score (nSPS) is 20.3. The van der Waals surface area contributed by atoms with Gasteiger partial charge in [0.15, 0.2) is 5.96 Å². The lowest BCUT2D eigenvalue weighted by atomic mass is 9.96. The summed E-state index contributed by atoms with van der Waals surface area (Å²) in [7, 11) is 1.81. The van der Waals surface area contributed by atoms with Gasteiger partial charge in [0.05, 0.1) is 0 Å². The summed E-state index contributed by atoms with van der Waals surface area (Å²) in [6, 6.07) is 7.02. The first-order chi connectivity index (χ1) is 12.1. The first-order valence-corrected chi connectivity index (χ1v) is 9.54. The maximum Gasteiger partial charge on any atom is 0.191 e. The lowest BCUT2D eigenvalue weighted by Crippen LogP contribution is -2.43. The zero-order chi connectivity index (χ0) is 17.7. The molecule has 2 N–H and O–H groups in total. The van der Waals surface area contributed by atoms with Crippen molar-refractivity contribution in [3.8, 4) is 0 Å². The van der Waals surface area contributed by atoms with Gasteiger partial charge in [0.1, 0.15) is 5.82 Å². The van der Waals surface area contributed by atoms with E-state index in [-0.39, 0.29) is 35.2 Å². The molecule has 0 spiro atoms. The molecule has 0 radical (unpaired) electrons. The highest BCUT2D eigenvalue weighted by molar-refractivity contribution is 14.0. The Morgan fingerprint density at radius 2 is 2.00 bits per heavy atom. The van der Waals surface area contributed by atoms with Crippen LogP contribution in [0.25, 0.3) is 0 Å². The number of aliphatic imine (C=N–C) groups is 1. The van der Waals surface area contributed by atoms with Gasteiger partial charge in [-0.1, -0.05) is 19.1 Å². The number of guanidine groups is 1. The quantitative estimate of drug-likeness (QED) is 0.362. The third-order valence-corrected chi connectivity index (χ3v) is 5.49. The number of rotatable bonds is 7. The van der Waals surface area contributed by atoms with E-state index in [0.29, 0.717) is 5.92 Å². The van der Waals surface area contributed by atoms with E-state index in [1.807, 2.05) is 13.1 Å². The van der Waals surface area contributed by atoms with Crippen LogP contribution in [0, 0.1) is 11.7 Å². The Hall–Kier alpha value is -0.890. The molecule has 1 heterocycles. The third-order valence-electron chi connectivity index (χ3n) is 5.49. The van der Waals surface area contributed by atoms with Gasteiger partial charge in [0, 0.05) is 32.1 Å². The number of benzene rings is 1. The molecule has 6 heteroatoms. The fourth-order valence-corrected chi connectivity index (χ4v) is 3.75. The molecule has 26 heavy (non-hydrogen) atoms. The minimum atomic E-state index is -0.151. The van der Waals surface area contributed by atoms with E-state index in [2.05, 4.69) is 27.4 Å². The second-order valence-corrected chi connectivity index (χ2v) is 7.71. The molecule has 1 saturated carbocycles. The molecule has 4 nitrogen and oxygen atoms in total. The Bertz CT molecular complexity index is 597. The number of likely N-dealkylation sites (tertiary alicyclic amines) is 1. The highest BCUT2D eigenvalue weighted by Crippen LogP contribution is 2.47. The van der Waals surface area contributed by atoms with Crippen molar-refractivity contribution in [3.63, 3.8) is 0 Å². The van der Waals surface area contributed by atoms with Crippen molar-refractivity contribution in [2.45, 2.75) is 38.0 Å². The minimum absolute atomic E-state index is 0. The first-order valence-electron chi connectivity index (χ1n) is 9.54. The van der Waals surface area contributed by atoms with Gasteiger partial charge in [0.25, 0.3) is 0 Å². The Morgan fingerprint density at radius 3 is 2.62 bits per heavy atom. The predicted octanol–water partition coefficient (Wildman–Crippen LogP) is 3.37. The standard InChI is InChI=1S/C20H31FN4.HI/c1-16(14-25-10-3-4-11-25)13-23-19(22-2)24-15-20(8-9-20)17-6-5-7-18(21)12-17;/h5-7,12,16H,3-4,8-11,13-15H2,1-2H3,(H2,22,23,24);1H. The molecule has 2 aliphatic rings. The number of nitrogens with one attached hydrogen (secondary N) is 2. The molecule has 1 saturated heterocycles. The second-order valence-electron chi connectivity index (χ2n) is 7.71. The van der Waals surface area contributed by atoms with Gasteiger partial charge in [-0.05, 0) is 62.4 Å². The van der Waals surface area contributed by atoms with Crippen LogP contribution < -0.4 is 10.6 Å². The monoisotopic (exact) mass is 474 g/mol. The van der Waals surface area contributed by atoms with Crippen molar-refractivity contribution < 1.29 is 4.39 Å². The molecule has 1 aliphatic carbocycles. The zero-order valence-corrected chi connectivity index (χ0v) is 18.3. The lowest BCUT2D eigenvalue weighted by molar-refractivity contribution is 0.287. The summed E-state index contributed by atoms with van der Waals surface area (Å²) in [5.74, 6) is 1.28. The molecule has 1 atom stereocenters. The summed E-state index contributed by atoms with van der Waals surface area (Å²) < 4.78 is 13.5. The van der Waals surface area contributed by atoms with Gasteiger partial charge in [0.2, 0.25) is 0 Å². The average Bonchev–Trinajstić information content (AvgIpc) is 3.23. The molecular formula is C20H32FIN4. The fraction of sp³-hybridized carbons (Fsp3) is 0.650. The van der Waals surface area contributed by atoms with Crippen LogP contribution in [-0.4, -0.2) is 50.6 Å². The molecule has 1 aromatic rings. The smallest absolute Gasteiger partial charge is 0.191 e. The largest absolute Gasteiger partial charge is 0.356 e. The second kappa shape index (κ2) is 9.88. The van der Waals surface area contributed by atoms with E-state index in [1.54, 1.807) is 12.1 Å². The van der Waals surface area contributed by atoms with E-state index in [4.69, 9.17) is 0 Å². The SMILES string of the molecule is CN=C(NCC(C)CN1CCCC1)NCC1(c2cccc(F)c2)CC1.I. The van der Waals surface area contributed by atoms with Gasteiger partial charge >= 0.3 is 0 Å². The molecule has 2 fully saturated rings.